The Morgan fingerprint density at radius 1 is 0.933 bits per heavy atom. The van der Waals surface area contributed by atoms with Gasteiger partial charge in [-0.3, -0.25) is 4.79 Å². The molecule has 0 radical (unpaired) electrons. The molecule has 1 fully saturated rings. The van der Waals surface area contributed by atoms with E-state index in [9.17, 15) is 9.90 Å². The number of aliphatic hydroxyl groups is 1. The topological polar surface area (TPSA) is 69.6 Å². The van der Waals surface area contributed by atoms with Crippen LogP contribution in [0.15, 0.2) is 54.6 Å². The molecule has 2 aromatic carbocycles. The highest BCUT2D eigenvalue weighted by molar-refractivity contribution is 5.91. The number of piperazine rings is 1. The van der Waals surface area contributed by atoms with Crippen molar-refractivity contribution in [3.05, 3.63) is 54.6 Å². The van der Waals surface area contributed by atoms with Gasteiger partial charge in [-0.25, -0.2) is 9.97 Å². The Morgan fingerprint density at radius 3 is 2.23 bits per heavy atom. The van der Waals surface area contributed by atoms with Crippen LogP contribution in [0.25, 0.3) is 22.3 Å². The van der Waals surface area contributed by atoms with Gasteiger partial charge in [0, 0.05) is 37.1 Å². The molecule has 1 aliphatic heterocycles. The van der Waals surface area contributed by atoms with Crippen LogP contribution in [0, 0.1) is 0 Å². The molecule has 0 unspecified atom stereocenters. The summed E-state index contributed by atoms with van der Waals surface area (Å²) in [5.74, 6) is 1.44. The van der Waals surface area contributed by atoms with Crippen LogP contribution in [0.2, 0.25) is 0 Å². The molecule has 30 heavy (non-hydrogen) atoms. The van der Waals surface area contributed by atoms with E-state index in [1.165, 1.54) is 0 Å². The van der Waals surface area contributed by atoms with E-state index in [0.717, 1.165) is 22.3 Å². The number of hydrogen-bond acceptors (Lipinski definition) is 5. The first-order chi connectivity index (χ1) is 14.6. The van der Waals surface area contributed by atoms with Crippen LogP contribution >= 0.6 is 0 Å². The summed E-state index contributed by atoms with van der Waals surface area (Å²) in [5.41, 5.74) is 0.630. The number of aromatic nitrogens is 2. The lowest BCUT2D eigenvalue weighted by atomic mass is 9.95. The third-order valence-corrected chi connectivity index (χ3v) is 6.05. The summed E-state index contributed by atoms with van der Waals surface area (Å²) in [4.78, 5) is 26.5. The standard InChI is InChI=1S/C24H28N4O2/c1-3-24(30,4-2)23(29)28-16-14-27(15-17-28)22-19-12-8-9-13-20(19)25-21(26-22)18-10-6-5-7-11-18/h5-13,30H,3-4,14-17H2,1-2H3. The van der Waals surface area contributed by atoms with Gasteiger partial charge in [-0.05, 0) is 25.0 Å². The highest BCUT2D eigenvalue weighted by Crippen LogP contribution is 2.29. The minimum absolute atomic E-state index is 0.162. The highest BCUT2D eigenvalue weighted by atomic mass is 16.3. The number of fused-ring (bicyclic) bond motifs is 1. The molecule has 1 aliphatic rings. The third-order valence-electron chi connectivity index (χ3n) is 6.05. The van der Waals surface area contributed by atoms with Crippen LogP contribution in [-0.2, 0) is 4.79 Å². The van der Waals surface area contributed by atoms with Gasteiger partial charge >= 0.3 is 0 Å². The maximum absolute atomic E-state index is 12.8. The van der Waals surface area contributed by atoms with E-state index in [2.05, 4.69) is 4.90 Å². The molecule has 6 heteroatoms. The molecule has 1 aromatic heterocycles. The van der Waals surface area contributed by atoms with Crippen molar-refractivity contribution >= 4 is 22.6 Å². The van der Waals surface area contributed by atoms with Gasteiger partial charge in [0.1, 0.15) is 11.4 Å². The number of benzene rings is 2. The first-order valence-corrected chi connectivity index (χ1v) is 10.6. The third kappa shape index (κ3) is 3.75. The molecule has 1 saturated heterocycles. The van der Waals surface area contributed by atoms with Gasteiger partial charge < -0.3 is 14.9 Å². The molecular formula is C24H28N4O2. The SMILES string of the molecule is CCC(O)(CC)C(=O)N1CCN(c2nc(-c3ccccc3)nc3ccccc23)CC1. The Morgan fingerprint density at radius 2 is 1.57 bits per heavy atom. The van der Waals surface area contributed by atoms with Gasteiger partial charge in [0.25, 0.3) is 5.91 Å². The van der Waals surface area contributed by atoms with E-state index in [1.54, 1.807) is 4.90 Å². The fourth-order valence-corrected chi connectivity index (χ4v) is 3.99. The van der Waals surface area contributed by atoms with Crippen LogP contribution in [0.5, 0.6) is 0 Å². The molecule has 0 aliphatic carbocycles. The zero-order valence-electron chi connectivity index (χ0n) is 17.6. The van der Waals surface area contributed by atoms with E-state index in [1.807, 2.05) is 68.4 Å². The van der Waals surface area contributed by atoms with Gasteiger partial charge in [-0.2, -0.15) is 0 Å². The van der Waals surface area contributed by atoms with Gasteiger partial charge in [0.2, 0.25) is 0 Å². The Hall–Kier alpha value is -2.99. The summed E-state index contributed by atoms with van der Waals surface area (Å²) in [6.45, 7) is 6.20. The predicted octanol–water partition coefficient (Wildman–Crippen LogP) is 3.50. The van der Waals surface area contributed by atoms with E-state index >= 15 is 0 Å². The van der Waals surface area contributed by atoms with E-state index in [0.29, 0.717) is 44.8 Å². The Labute approximate surface area is 177 Å². The van der Waals surface area contributed by atoms with Gasteiger partial charge in [0.05, 0.1) is 5.52 Å². The first kappa shape index (κ1) is 20.3. The fourth-order valence-electron chi connectivity index (χ4n) is 3.99. The average Bonchev–Trinajstić information content (AvgIpc) is 2.83. The van der Waals surface area contributed by atoms with Crippen molar-refractivity contribution in [3.8, 4) is 11.4 Å². The number of para-hydroxylation sites is 1. The van der Waals surface area contributed by atoms with Crippen LogP contribution in [0.1, 0.15) is 26.7 Å². The molecule has 0 bridgehead atoms. The number of hydrogen-bond donors (Lipinski definition) is 1. The maximum Gasteiger partial charge on any atom is 0.254 e. The quantitative estimate of drug-likeness (QED) is 0.705. The number of rotatable bonds is 5. The van der Waals surface area contributed by atoms with Gasteiger partial charge in [0.15, 0.2) is 5.82 Å². The lowest BCUT2D eigenvalue weighted by Crippen LogP contribution is -2.55. The summed E-state index contributed by atoms with van der Waals surface area (Å²) in [6, 6.07) is 18.0. The maximum atomic E-state index is 12.8. The first-order valence-electron chi connectivity index (χ1n) is 10.6. The molecule has 0 saturated carbocycles. The summed E-state index contributed by atoms with van der Waals surface area (Å²) in [7, 11) is 0. The lowest BCUT2D eigenvalue weighted by Gasteiger charge is -2.39. The Balaban J connectivity index is 1.62. The highest BCUT2D eigenvalue weighted by Gasteiger charge is 2.37. The fraction of sp³-hybridized carbons (Fsp3) is 0.375. The summed E-state index contributed by atoms with van der Waals surface area (Å²) >= 11 is 0. The smallest absolute Gasteiger partial charge is 0.254 e. The second kappa shape index (κ2) is 8.40. The minimum Gasteiger partial charge on any atom is -0.380 e. The summed E-state index contributed by atoms with van der Waals surface area (Å²) in [6.07, 6.45) is 0.860. The second-order valence-corrected chi connectivity index (χ2v) is 7.77. The number of amides is 1. The van der Waals surface area contributed by atoms with E-state index in [-0.39, 0.29) is 5.91 Å². The van der Waals surface area contributed by atoms with Crippen LogP contribution in [0.3, 0.4) is 0 Å². The summed E-state index contributed by atoms with van der Waals surface area (Å²) < 4.78 is 0. The van der Waals surface area contributed by atoms with Crippen molar-refractivity contribution in [1.82, 2.24) is 14.9 Å². The van der Waals surface area contributed by atoms with E-state index < -0.39 is 5.60 Å². The van der Waals surface area contributed by atoms with E-state index in [4.69, 9.17) is 9.97 Å². The van der Waals surface area contributed by atoms with Gasteiger partial charge in [-0.1, -0.05) is 56.3 Å². The lowest BCUT2D eigenvalue weighted by molar-refractivity contribution is -0.152. The zero-order valence-corrected chi connectivity index (χ0v) is 17.6. The normalized spacial score (nSPS) is 14.9. The van der Waals surface area contributed by atoms with Crippen LogP contribution in [0.4, 0.5) is 5.82 Å². The molecule has 3 aromatic rings. The molecule has 0 spiro atoms. The largest absolute Gasteiger partial charge is 0.380 e. The number of carbonyl (C=O) groups excluding carboxylic acids is 1. The molecule has 156 valence electrons. The molecule has 4 rings (SSSR count). The Kier molecular flexibility index (Phi) is 5.68. The van der Waals surface area contributed by atoms with Crippen molar-refractivity contribution in [2.75, 3.05) is 31.1 Å². The molecule has 1 amide bonds. The minimum atomic E-state index is -1.26. The monoisotopic (exact) mass is 404 g/mol. The number of anilines is 1. The van der Waals surface area contributed by atoms with Crippen molar-refractivity contribution in [2.24, 2.45) is 0 Å². The predicted molar refractivity (Wildman–Crippen MR) is 119 cm³/mol. The second-order valence-electron chi connectivity index (χ2n) is 7.77. The van der Waals surface area contributed by atoms with Crippen molar-refractivity contribution in [3.63, 3.8) is 0 Å². The Bertz CT molecular complexity index is 1030. The summed E-state index contributed by atoms with van der Waals surface area (Å²) in [5, 5.41) is 11.6. The number of carbonyl (C=O) groups is 1. The van der Waals surface area contributed by atoms with Crippen LogP contribution < -0.4 is 4.90 Å². The molecular weight excluding hydrogens is 376 g/mol. The number of nitrogens with zero attached hydrogens (tertiary/aromatic N) is 4. The van der Waals surface area contributed by atoms with Crippen molar-refractivity contribution in [2.45, 2.75) is 32.3 Å². The van der Waals surface area contributed by atoms with Crippen molar-refractivity contribution in [1.29, 1.82) is 0 Å². The molecule has 0 atom stereocenters. The van der Waals surface area contributed by atoms with Crippen LogP contribution in [-0.4, -0.2) is 57.7 Å². The molecule has 2 heterocycles. The molecule has 1 N–H and O–H groups in total. The van der Waals surface area contributed by atoms with Gasteiger partial charge in [-0.15, -0.1) is 0 Å². The molecule has 6 nitrogen and oxygen atoms in total. The zero-order chi connectivity index (χ0) is 21.1. The van der Waals surface area contributed by atoms with Crippen molar-refractivity contribution < 1.29 is 9.90 Å². The average molecular weight is 405 g/mol.